The largest absolute Gasteiger partial charge is 0.399 e. The van der Waals surface area contributed by atoms with Crippen molar-refractivity contribution in [2.24, 2.45) is 0 Å². The summed E-state index contributed by atoms with van der Waals surface area (Å²) in [5, 5.41) is 10.2. The van der Waals surface area contributed by atoms with Crippen molar-refractivity contribution in [3.63, 3.8) is 0 Å². The second kappa shape index (κ2) is 14.2. The van der Waals surface area contributed by atoms with Gasteiger partial charge in [-0.2, -0.15) is 5.26 Å². The Balaban J connectivity index is 1.16. The van der Waals surface area contributed by atoms with Gasteiger partial charge in [-0.1, -0.05) is 139 Å². The van der Waals surface area contributed by atoms with E-state index in [1.807, 2.05) is 54.6 Å². The van der Waals surface area contributed by atoms with Crippen LogP contribution in [0.5, 0.6) is 0 Å². The Labute approximate surface area is 284 Å². The lowest BCUT2D eigenvalue weighted by Crippen LogP contribution is -2.33. The van der Waals surface area contributed by atoms with E-state index in [9.17, 15) is 5.26 Å². The third-order valence-corrected chi connectivity index (χ3v) is 9.24. The van der Waals surface area contributed by atoms with E-state index >= 15 is 0 Å². The SMILES string of the molecule is C=C(OO)[n+]1c(/C=C/C=C/c2ccc(N(c3ccc(-c4ccccc4)cc3)c3ccc(-c4ccccc4)cc3)cc2)sc2ccccc21. The van der Waals surface area contributed by atoms with E-state index in [2.05, 4.69) is 144 Å². The van der Waals surface area contributed by atoms with Gasteiger partial charge in [-0.25, -0.2) is 0 Å². The Kier molecular flexibility index (Phi) is 9.05. The molecule has 0 unspecified atom stereocenters. The van der Waals surface area contributed by atoms with E-state index in [4.69, 9.17) is 0 Å². The van der Waals surface area contributed by atoms with Crippen LogP contribution in [0.1, 0.15) is 10.6 Å². The molecule has 0 spiro atoms. The third kappa shape index (κ3) is 6.60. The summed E-state index contributed by atoms with van der Waals surface area (Å²) >= 11 is 1.60. The van der Waals surface area contributed by atoms with Gasteiger partial charge in [-0.05, 0) is 70.3 Å². The molecule has 0 aliphatic carbocycles. The first kappa shape index (κ1) is 30.6. The van der Waals surface area contributed by atoms with Crippen molar-refractivity contribution in [1.82, 2.24) is 0 Å². The average molecular weight is 642 g/mol. The van der Waals surface area contributed by atoms with E-state index < -0.39 is 0 Å². The molecule has 1 aromatic heterocycles. The molecule has 232 valence electrons. The molecule has 0 saturated carbocycles. The molecule has 6 aromatic carbocycles. The number of fused-ring (bicyclic) bond motifs is 1. The maximum absolute atomic E-state index is 9.28. The molecule has 7 aromatic rings. The summed E-state index contributed by atoms with van der Waals surface area (Å²) < 4.78 is 2.87. The molecular formula is C43H33N2O2S+. The minimum Gasteiger partial charge on any atom is -0.311 e. The van der Waals surface area contributed by atoms with E-state index in [-0.39, 0.29) is 5.88 Å². The maximum Gasteiger partial charge on any atom is 0.399 e. The molecule has 0 bridgehead atoms. The van der Waals surface area contributed by atoms with Crippen molar-refractivity contribution in [3.05, 3.63) is 187 Å². The monoisotopic (exact) mass is 641 g/mol. The number of anilines is 3. The number of hydrogen-bond donors (Lipinski definition) is 1. The lowest BCUT2D eigenvalue weighted by atomic mass is 10.0. The molecule has 4 nitrogen and oxygen atoms in total. The Morgan fingerprint density at radius 1 is 0.562 bits per heavy atom. The average Bonchev–Trinajstić information content (AvgIpc) is 3.53. The lowest BCUT2D eigenvalue weighted by molar-refractivity contribution is -0.586. The first-order valence-corrected chi connectivity index (χ1v) is 16.5. The minimum atomic E-state index is 0.153. The molecule has 0 fully saturated rings. The molecule has 0 aliphatic rings. The Morgan fingerprint density at radius 2 is 1.02 bits per heavy atom. The summed E-state index contributed by atoms with van der Waals surface area (Å²) in [5.74, 6) is 0.153. The summed E-state index contributed by atoms with van der Waals surface area (Å²) in [6.07, 6.45) is 8.05. The number of aromatic nitrogens is 1. The zero-order valence-corrected chi connectivity index (χ0v) is 27.0. The number of hydrogen-bond acceptors (Lipinski definition) is 4. The predicted octanol–water partition coefficient (Wildman–Crippen LogP) is 11.6. The molecule has 1 N–H and O–H groups in total. The van der Waals surface area contributed by atoms with Crippen LogP contribution in [0.15, 0.2) is 176 Å². The topological polar surface area (TPSA) is 36.6 Å². The Hall–Kier alpha value is -6.01. The number of allylic oxidation sites excluding steroid dienone is 2. The second-order valence-corrected chi connectivity index (χ2v) is 12.3. The van der Waals surface area contributed by atoms with Gasteiger partial charge in [0.15, 0.2) is 0 Å². The Bertz CT molecular complexity index is 2120. The summed E-state index contributed by atoms with van der Waals surface area (Å²) in [5.41, 5.74) is 9.99. The van der Waals surface area contributed by atoms with Crippen LogP contribution < -0.4 is 9.47 Å². The smallest absolute Gasteiger partial charge is 0.311 e. The van der Waals surface area contributed by atoms with Crippen molar-refractivity contribution in [3.8, 4) is 22.3 Å². The number of para-hydroxylation sites is 1. The van der Waals surface area contributed by atoms with E-state index in [1.165, 1.54) is 22.3 Å². The summed E-state index contributed by atoms with van der Waals surface area (Å²) in [6, 6.07) is 54.9. The molecule has 0 aliphatic heterocycles. The minimum absolute atomic E-state index is 0.153. The van der Waals surface area contributed by atoms with Crippen molar-refractivity contribution >= 4 is 56.7 Å². The van der Waals surface area contributed by atoms with Crippen LogP contribution in [-0.2, 0) is 4.89 Å². The fourth-order valence-electron chi connectivity index (χ4n) is 5.77. The Morgan fingerprint density at radius 3 is 1.56 bits per heavy atom. The highest BCUT2D eigenvalue weighted by atomic mass is 32.1. The van der Waals surface area contributed by atoms with Crippen molar-refractivity contribution in [2.75, 3.05) is 4.90 Å². The summed E-state index contributed by atoms with van der Waals surface area (Å²) in [7, 11) is 0. The zero-order valence-electron chi connectivity index (χ0n) is 26.2. The molecule has 0 amide bonds. The first-order valence-electron chi connectivity index (χ1n) is 15.7. The highest BCUT2D eigenvalue weighted by Gasteiger charge is 2.23. The van der Waals surface area contributed by atoms with Crippen LogP contribution >= 0.6 is 11.3 Å². The van der Waals surface area contributed by atoms with Crippen LogP contribution in [0.2, 0.25) is 0 Å². The molecule has 1 heterocycles. The first-order chi connectivity index (χ1) is 23.7. The van der Waals surface area contributed by atoms with Gasteiger partial charge in [0.2, 0.25) is 5.52 Å². The van der Waals surface area contributed by atoms with Crippen LogP contribution in [-0.4, -0.2) is 5.26 Å². The van der Waals surface area contributed by atoms with E-state index in [1.54, 1.807) is 15.9 Å². The summed E-state index contributed by atoms with van der Waals surface area (Å²) in [6.45, 7) is 3.85. The standard InChI is InChI=1S/C43H32N2O2S/c1-32(47-46)44-41-17-9-10-18-42(41)48-43(44)19-11-8-12-33-20-26-38(27-21-33)45(39-28-22-36(23-29-39)34-13-4-2-5-14-34)40-30-24-37(25-31-40)35-15-6-3-7-16-35/h2-31H,1H2/p+1. The van der Waals surface area contributed by atoms with Gasteiger partial charge < -0.3 is 4.90 Å². The lowest BCUT2D eigenvalue weighted by Gasteiger charge is -2.26. The molecular weight excluding hydrogens is 609 g/mol. The van der Waals surface area contributed by atoms with Crippen molar-refractivity contribution in [1.29, 1.82) is 0 Å². The van der Waals surface area contributed by atoms with E-state index in [0.717, 1.165) is 37.8 Å². The number of nitrogens with zero attached hydrogens (tertiary/aromatic N) is 2. The summed E-state index contributed by atoms with van der Waals surface area (Å²) in [4.78, 5) is 6.77. The van der Waals surface area contributed by atoms with Gasteiger partial charge in [-0.15, -0.1) is 4.57 Å². The molecule has 0 atom stereocenters. The van der Waals surface area contributed by atoms with Gasteiger partial charge in [0.25, 0.3) is 5.01 Å². The molecule has 0 radical (unpaired) electrons. The number of benzene rings is 6. The van der Waals surface area contributed by atoms with Gasteiger partial charge in [0.1, 0.15) is 4.70 Å². The number of rotatable bonds is 10. The number of thiazole rings is 1. The normalized spacial score (nSPS) is 11.4. The van der Waals surface area contributed by atoms with Gasteiger partial charge in [0.05, 0.1) is 0 Å². The zero-order chi connectivity index (χ0) is 32.7. The highest BCUT2D eigenvalue weighted by molar-refractivity contribution is 7.18. The third-order valence-electron chi connectivity index (χ3n) is 8.15. The van der Waals surface area contributed by atoms with Gasteiger partial charge >= 0.3 is 5.88 Å². The predicted molar refractivity (Wildman–Crippen MR) is 201 cm³/mol. The van der Waals surface area contributed by atoms with Crippen LogP contribution in [0.25, 0.3) is 50.5 Å². The van der Waals surface area contributed by atoms with Crippen molar-refractivity contribution in [2.45, 2.75) is 0 Å². The van der Waals surface area contributed by atoms with Gasteiger partial charge in [0, 0.05) is 35.8 Å². The van der Waals surface area contributed by atoms with Crippen LogP contribution in [0, 0.1) is 0 Å². The molecule has 5 heteroatoms. The quantitative estimate of drug-likeness (QED) is 0.0531. The molecule has 0 saturated heterocycles. The fourth-order valence-corrected chi connectivity index (χ4v) is 6.84. The van der Waals surface area contributed by atoms with Crippen LogP contribution in [0.4, 0.5) is 17.1 Å². The van der Waals surface area contributed by atoms with Crippen molar-refractivity contribution < 1.29 is 14.7 Å². The second-order valence-electron chi connectivity index (χ2n) is 11.2. The van der Waals surface area contributed by atoms with Crippen LogP contribution in [0.3, 0.4) is 0 Å². The highest BCUT2D eigenvalue weighted by Crippen LogP contribution is 2.37. The van der Waals surface area contributed by atoms with Gasteiger partial charge in [-0.3, -0.25) is 4.89 Å². The molecule has 48 heavy (non-hydrogen) atoms. The van der Waals surface area contributed by atoms with E-state index in [0.29, 0.717) is 0 Å². The maximum atomic E-state index is 9.28. The fraction of sp³-hybridized carbons (Fsp3) is 0. The molecule has 7 rings (SSSR count).